The summed E-state index contributed by atoms with van der Waals surface area (Å²) in [4.78, 5) is 25.2. The first-order valence-corrected chi connectivity index (χ1v) is 9.72. The molecule has 6 nitrogen and oxygen atoms in total. The highest BCUT2D eigenvalue weighted by molar-refractivity contribution is 9.10. The van der Waals surface area contributed by atoms with Crippen molar-refractivity contribution in [2.45, 2.75) is 26.9 Å². The third kappa shape index (κ3) is 3.45. The van der Waals surface area contributed by atoms with E-state index in [1.54, 1.807) is 0 Å². The standard InChI is InChI=1S/C21H19BrN4O2/c1-13-6-7-18-16(8-13)10-19-21(28)25(24-14(2)26(18)19)12-20(27)23-11-15-4-3-5-17(22)9-15/h3-10H,11-12H2,1-2H3,(H,23,27). The molecule has 0 aliphatic rings. The fraction of sp³-hybridized carbons (Fsp3) is 0.190. The van der Waals surface area contributed by atoms with Gasteiger partial charge in [0, 0.05) is 16.4 Å². The number of carbonyl (C=O) groups is 1. The van der Waals surface area contributed by atoms with Crippen LogP contribution in [0, 0.1) is 13.8 Å². The number of rotatable bonds is 4. The average Bonchev–Trinajstić information content (AvgIpc) is 3.03. The van der Waals surface area contributed by atoms with Gasteiger partial charge in [0.05, 0.1) is 5.52 Å². The lowest BCUT2D eigenvalue weighted by atomic mass is 10.2. The van der Waals surface area contributed by atoms with Crippen molar-refractivity contribution in [3.8, 4) is 0 Å². The van der Waals surface area contributed by atoms with Gasteiger partial charge in [-0.3, -0.25) is 14.0 Å². The Bertz CT molecular complexity index is 1270. The molecule has 0 atom stereocenters. The van der Waals surface area contributed by atoms with Gasteiger partial charge in [0.1, 0.15) is 17.9 Å². The summed E-state index contributed by atoms with van der Waals surface area (Å²) in [6.07, 6.45) is 0. The van der Waals surface area contributed by atoms with Gasteiger partial charge in [-0.2, -0.15) is 5.10 Å². The summed E-state index contributed by atoms with van der Waals surface area (Å²) in [5, 5.41) is 8.18. The van der Waals surface area contributed by atoms with Gasteiger partial charge in [-0.25, -0.2) is 4.68 Å². The molecule has 2 aromatic heterocycles. The summed E-state index contributed by atoms with van der Waals surface area (Å²) in [6, 6.07) is 15.6. The van der Waals surface area contributed by atoms with Gasteiger partial charge in [-0.05, 0) is 49.7 Å². The summed E-state index contributed by atoms with van der Waals surface area (Å²) < 4.78 is 4.02. The first-order valence-electron chi connectivity index (χ1n) is 8.93. The van der Waals surface area contributed by atoms with Gasteiger partial charge in [0.25, 0.3) is 5.56 Å². The molecule has 0 spiro atoms. The third-order valence-electron chi connectivity index (χ3n) is 4.67. The number of hydrogen-bond donors (Lipinski definition) is 1. The van der Waals surface area contributed by atoms with E-state index in [0.29, 0.717) is 17.9 Å². The number of aromatic nitrogens is 3. The number of carbonyl (C=O) groups excluding carboxylic acids is 1. The fourth-order valence-corrected chi connectivity index (χ4v) is 3.83. The van der Waals surface area contributed by atoms with Crippen molar-refractivity contribution in [3.05, 3.63) is 80.3 Å². The Hall–Kier alpha value is -2.93. The predicted molar refractivity (Wildman–Crippen MR) is 112 cm³/mol. The van der Waals surface area contributed by atoms with Crippen molar-refractivity contribution >= 4 is 38.3 Å². The number of nitrogens with one attached hydrogen (secondary N) is 1. The minimum absolute atomic E-state index is 0.120. The van der Waals surface area contributed by atoms with Crippen LogP contribution in [0.3, 0.4) is 0 Å². The molecule has 0 radical (unpaired) electrons. The molecule has 0 aliphatic carbocycles. The fourth-order valence-electron chi connectivity index (χ4n) is 3.38. The summed E-state index contributed by atoms with van der Waals surface area (Å²) in [6.45, 7) is 4.12. The number of benzene rings is 2. The van der Waals surface area contributed by atoms with Crippen LogP contribution in [0.5, 0.6) is 0 Å². The number of halogens is 1. The average molecular weight is 439 g/mol. The van der Waals surface area contributed by atoms with Crippen molar-refractivity contribution in [2.75, 3.05) is 0 Å². The van der Waals surface area contributed by atoms with Crippen molar-refractivity contribution in [2.24, 2.45) is 0 Å². The molecular weight excluding hydrogens is 420 g/mol. The Labute approximate surface area is 169 Å². The van der Waals surface area contributed by atoms with Gasteiger partial charge in [0.15, 0.2) is 0 Å². The van der Waals surface area contributed by atoms with Crippen molar-refractivity contribution in [1.82, 2.24) is 19.5 Å². The van der Waals surface area contributed by atoms with Crippen LogP contribution in [-0.2, 0) is 17.9 Å². The van der Waals surface area contributed by atoms with E-state index in [0.717, 1.165) is 26.5 Å². The normalized spacial score (nSPS) is 11.2. The second kappa shape index (κ2) is 7.24. The van der Waals surface area contributed by atoms with Crippen LogP contribution in [0.4, 0.5) is 0 Å². The second-order valence-corrected chi connectivity index (χ2v) is 7.76. The molecule has 0 bridgehead atoms. The molecule has 2 heterocycles. The molecule has 4 aromatic rings. The molecule has 1 amide bonds. The molecule has 7 heteroatoms. The number of amides is 1. The zero-order chi connectivity index (χ0) is 19.8. The van der Waals surface area contributed by atoms with Crippen LogP contribution in [0.15, 0.2) is 57.8 Å². The minimum Gasteiger partial charge on any atom is -0.350 e. The van der Waals surface area contributed by atoms with E-state index >= 15 is 0 Å². The highest BCUT2D eigenvalue weighted by atomic mass is 79.9. The molecule has 28 heavy (non-hydrogen) atoms. The Morgan fingerprint density at radius 1 is 1.11 bits per heavy atom. The Morgan fingerprint density at radius 3 is 2.71 bits per heavy atom. The lowest BCUT2D eigenvalue weighted by molar-refractivity contribution is -0.122. The maximum absolute atomic E-state index is 12.9. The summed E-state index contributed by atoms with van der Waals surface area (Å²) in [5.74, 6) is 0.401. The molecule has 0 unspecified atom stereocenters. The maximum Gasteiger partial charge on any atom is 0.291 e. The highest BCUT2D eigenvalue weighted by Gasteiger charge is 2.14. The molecule has 0 saturated heterocycles. The molecule has 0 aliphatic heterocycles. The highest BCUT2D eigenvalue weighted by Crippen LogP contribution is 2.20. The first kappa shape index (κ1) is 18.4. The number of fused-ring (bicyclic) bond motifs is 3. The summed E-state index contributed by atoms with van der Waals surface area (Å²) >= 11 is 3.41. The third-order valence-corrected chi connectivity index (χ3v) is 5.16. The monoisotopic (exact) mass is 438 g/mol. The van der Waals surface area contributed by atoms with E-state index < -0.39 is 0 Å². The first-order chi connectivity index (χ1) is 13.4. The van der Waals surface area contributed by atoms with Gasteiger partial charge in [-0.15, -0.1) is 0 Å². The topological polar surface area (TPSA) is 68.4 Å². The van der Waals surface area contributed by atoms with Crippen LogP contribution in [0.2, 0.25) is 0 Å². The smallest absolute Gasteiger partial charge is 0.291 e. The Balaban J connectivity index is 1.62. The predicted octanol–water partition coefficient (Wildman–Crippen LogP) is 3.34. The van der Waals surface area contributed by atoms with E-state index in [1.165, 1.54) is 4.68 Å². The van der Waals surface area contributed by atoms with E-state index in [2.05, 4.69) is 26.3 Å². The van der Waals surface area contributed by atoms with E-state index in [9.17, 15) is 9.59 Å². The van der Waals surface area contributed by atoms with Crippen LogP contribution in [0.25, 0.3) is 16.4 Å². The van der Waals surface area contributed by atoms with Gasteiger partial charge < -0.3 is 5.32 Å². The van der Waals surface area contributed by atoms with Crippen LogP contribution >= 0.6 is 15.9 Å². The van der Waals surface area contributed by atoms with Gasteiger partial charge in [-0.1, -0.05) is 39.7 Å². The Morgan fingerprint density at radius 2 is 1.93 bits per heavy atom. The van der Waals surface area contributed by atoms with Crippen molar-refractivity contribution in [3.63, 3.8) is 0 Å². The minimum atomic E-state index is -0.281. The van der Waals surface area contributed by atoms with Gasteiger partial charge in [0.2, 0.25) is 5.91 Å². The zero-order valence-electron chi connectivity index (χ0n) is 15.6. The zero-order valence-corrected chi connectivity index (χ0v) is 17.2. The quantitative estimate of drug-likeness (QED) is 0.531. The molecule has 2 aromatic carbocycles. The molecule has 0 saturated carbocycles. The van der Waals surface area contributed by atoms with E-state index in [1.807, 2.05) is 66.8 Å². The number of aryl methyl sites for hydroxylation is 2. The summed E-state index contributed by atoms with van der Waals surface area (Å²) in [5.41, 5.74) is 3.28. The van der Waals surface area contributed by atoms with Crippen LogP contribution in [0.1, 0.15) is 17.0 Å². The Kier molecular flexibility index (Phi) is 4.77. The molecule has 4 rings (SSSR count). The van der Waals surface area contributed by atoms with Crippen LogP contribution < -0.4 is 10.9 Å². The summed E-state index contributed by atoms with van der Waals surface area (Å²) in [7, 11) is 0. The SMILES string of the molecule is Cc1ccc2c(c1)cc1c(=O)n(CC(=O)NCc3cccc(Br)c3)nc(C)n12. The van der Waals surface area contributed by atoms with Crippen molar-refractivity contribution < 1.29 is 4.79 Å². The number of nitrogens with zero attached hydrogens (tertiary/aromatic N) is 3. The molecular formula is C21H19BrN4O2. The second-order valence-electron chi connectivity index (χ2n) is 6.84. The largest absolute Gasteiger partial charge is 0.350 e. The maximum atomic E-state index is 12.9. The number of hydrogen-bond acceptors (Lipinski definition) is 3. The molecule has 142 valence electrons. The van der Waals surface area contributed by atoms with Crippen molar-refractivity contribution in [1.29, 1.82) is 0 Å². The lowest BCUT2D eigenvalue weighted by Crippen LogP contribution is -2.34. The van der Waals surface area contributed by atoms with E-state index in [-0.39, 0.29) is 18.0 Å². The molecule has 0 fully saturated rings. The van der Waals surface area contributed by atoms with Gasteiger partial charge >= 0.3 is 0 Å². The van der Waals surface area contributed by atoms with E-state index in [4.69, 9.17) is 0 Å². The molecule has 1 N–H and O–H groups in total. The lowest BCUT2D eigenvalue weighted by Gasteiger charge is -2.09. The van der Waals surface area contributed by atoms with Crippen LogP contribution in [-0.4, -0.2) is 20.1 Å².